The van der Waals surface area contributed by atoms with Crippen LogP contribution >= 0.6 is 35.0 Å². The molecule has 1 aromatic heterocycles. The first-order valence-corrected chi connectivity index (χ1v) is 10.4. The number of rotatable bonds is 6. The third-order valence-corrected chi connectivity index (χ3v) is 5.66. The minimum absolute atomic E-state index is 0.122. The number of amides is 1. The summed E-state index contributed by atoms with van der Waals surface area (Å²) in [5, 5.41) is 4.28. The molecule has 3 aromatic rings. The predicted molar refractivity (Wildman–Crippen MR) is 117 cm³/mol. The lowest BCUT2D eigenvalue weighted by molar-refractivity contribution is -0.115. The molecule has 1 amide bonds. The topological polar surface area (TPSA) is 54.9 Å². The van der Waals surface area contributed by atoms with Gasteiger partial charge in [-0.2, -0.15) is 0 Å². The van der Waals surface area contributed by atoms with Crippen LogP contribution in [-0.2, 0) is 4.79 Å². The first kappa shape index (κ1) is 20.6. The summed E-state index contributed by atoms with van der Waals surface area (Å²) < 4.78 is 0. The number of carbonyl (C=O) groups is 1. The van der Waals surface area contributed by atoms with Crippen LogP contribution in [0.15, 0.2) is 59.6 Å². The molecular weight excluding hydrogens is 413 g/mol. The molecule has 1 heterocycles. The van der Waals surface area contributed by atoms with E-state index < -0.39 is 0 Å². The zero-order valence-corrected chi connectivity index (χ0v) is 17.8. The summed E-state index contributed by atoms with van der Waals surface area (Å²) in [7, 11) is 0. The van der Waals surface area contributed by atoms with Gasteiger partial charge in [0.15, 0.2) is 0 Å². The fourth-order valence-corrected chi connectivity index (χ4v) is 4.19. The number of carbonyl (C=O) groups excluding carboxylic acids is 1. The molecule has 0 spiro atoms. The van der Waals surface area contributed by atoms with Gasteiger partial charge in [0.1, 0.15) is 10.9 Å². The summed E-state index contributed by atoms with van der Waals surface area (Å²) in [6.07, 6.45) is 0.647. The lowest BCUT2D eigenvalue weighted by Crippen LogP contribution is -2.24. The number of aromatic nitrogens is 2. The highest BCUT2D eigenvalue weighted by Gasteiger charge is 2.20. The van der Waals surface area contributed by atoms with Crippen LogP contribution in [0.4, 0.5) is 5.69 Å². The van der Waals surface area contributed by atoms with E-state index in [2.05, 4.69) is 15.3 Å². The smallest absolute Gasteiger partial charge is 0.237 e. The van der Waals surface area contributed by atoms with E-state index in [1.807, 2.05) is 50.2 Å². The summed E-state index contributed by atoms with van der Waals surface area (Å²) in [5.74, 6) is 0.545. The molecule has 1 unspecified atom stereocenters. The van der Waals surface area contributed by atoms with E-state index >= 15 is 0 Å². The molecule has 4 nitrogen and oxygen atoms in total. The Morgan fingerprint density at radius 3 is 2.39 bits per heavy atom. The fraction of sp³-hybridized carbons (Fsp3) is 0.190. The number of hydrogen-bond acceptors (Lipinski definition) is 4. The first-order chi connectivity index (χ1) is 13.4. The van der Waals surface area contributed by atoms with Crippen molar-refractivity contribution in [3.05, 3.63) is 70.5 Å². The van der Waals surface area contributed by atoms with Gasteiger partial charge in [-0.05, 0) is 37.6 Å². The third-order valence-electron chi connectivity index (χ3n) is 3.94. The molecule has 0 aliphatic carbocycles. The molecule has 1 N–H and O–H groups in total. The highest BCUT2D eigenvalue weighted by atomic mass is 35.5. The number of aryl methyl sites for hydroxylation is 1. The maximum atomic E-state index is 12.7. The van der Waals surface area contributed by atoms with Gasteiger partial charge in [0.05, 0.1) is 10.9 Å². The zero-order valence-electron chi connectivity index (χ0n) is 15.4. The van der Waals surface area contributed by atoms with Crippen LogP contribution in [0.1, 0.15) is 19.2 Å². The lowest BCUT2D eigenvalue weighted by Gasteiger charge is -2.15. The molecule has 28 heavy (non-hydrogen) atoms. The van der Waals surface area contributed by atoms with Crippen molar-refractivity contribution in [1.82, 2.24) is 9.97 Å². The quantitative estimate of drug-likeness (QED) is 0.369. The minimum Gasteiger partial charge on any atom is -0.325 e. The van der Waals surface area contributed by atoms with E-state index in [9.17, 15) is 4.79 Å². The van der Waals surface area contributed by atoms with Crippen LogP contribution in [0.5, 0.6) is 0 Å². The van der Waals surface area contributed by atoms with E-state index in [-0.39, 0.29) is 11.2 Å². The van der Waals surface area contributed by atoms with Crippen molar-refractivity contribution in [3.63, 3.8) is 0 Å². The van der Waals surface area contributed by atoms with Gasteiger partial charge in [0.25, 0.3) is 0 Å². The van der Waals surface area contributed by atoms with Crippen molar-refractivity contribution < 1.29 is 4.79 Å². The average molecular weight is 432 g/mol. The standard InChI is InChI=1S/C21H19Cl2N3OS/c1-3-19(21(27)26-17-10-15(22)9-16(23)11-17)28-20-12-18(24-13(2)25-20)14-7-5-4-6-8-14/h4-12,19H,3H2,1-2H3,(H,26,27). The van der Waals surface area contributed by atoms with E-state index in [0.717, 1.165) is 16.3 Å². The first-order valence-electron chi connectivity index (χ1n) is 8.79. The summed E-state index contributed by atoms with van der Waals surface area (Å²) in [4.78, 5) is 21.8. The Balaban J connectivity index is 1.78. The maximum absolute atomic E-state index is 12.7. The van der Waals surface area contributed by atoms with Gasteiger partial charge >= 0.3 is 0 Å². The summed E-state index contributed by atoms with van der Waals surface area (Å²) >= 11 is 13.4. The molecule has 144 valence electrons. The Hall–Kier alpha value is -2.08. The molecular formula is C21H19Cl2N3OS. The van der Waals surface area contributed by atoms with Gasteiger partial charge in [-0.1, -0.05) is 72.2 Å². The van der Waals surface area contributed by atoms with Crippen molar-refractivity contribution in [1.29, 1.82) is 0 Å². The molecule has 0 radical (unpaired) electrons. The van der Waals surface area contributed by atoms with Crippen LogP contribution in [-0.4, -0.2) is 21.1 Å². The van der Waals surface area contributed by atoms with Crippen molar-refractivity contribution >= 4 is 46.6 Å². The van der Waals surface area contributed by atoms with Crippen molar-refractivity contribution in [2.45, 2.75) is 30.5 Å². The molecule has 3 rings (SSSR count). The Morgan fingerprint density at radius 1 is 1.07 bits per heavy atom. The number of nitrogens with one attached hydrogen (secondary N) is 1. The Morgan fingerprint density at radius 2 is 1.75 bits per heavy atom. The SMILES string of the molecule is CCC(Sc1cc(-c2ccccc2)nc(C)n1)C(=O)Nc1cc(Cl)cc(Cl)c1. The summed E-state index contributed by atoms with van der Waals surface area (Å²) in [6, 6.07) is 16.8. The molecule has 0 bridgehead atoms. The van der Waals surface area contributed by atoms with Gasteiger partial charge < -0.3 is 5.32 Å². The van der Waals surface area contributed by atoms with Gasteiger partial charge in [-0.15, -0.1) is 0 Å². The zero-order chi connectivity index (χ0) is 20.1. The molecule has 1 atom stereocenters. The van der Waals surface area contributed by atoms with E-state index in [0.29, 0.717) is 28.0 Å². The molecule has 0 aliphatic heterocycles. The number of nitrogens with zero attached hydrogens (tertiary/aromatic N) is 2. The van der Waals surface area contributed by atoms with E-state index in [1.54, 1.807) is 18.2 Å². The summed E-state index contributed by atoms with van der Waals surface area (Å²) in [6.45, 7) is 3.82. The minimum atomic E-state index is -0.310. The highest BCUT2D eigenvalue weighted by Crippen LogP contribution is 2.29. The second-order valence-electron chi connectivity index (χ2n) is 6.17. The highest BCUT2D eigenvalue weighted by molar-refractivity contribution is 8.00. The predicted octanol–water partition coefficient (Wildman–Crippen LogP) is 6.27. The molecule has 0 saturated carbocycles. The lowest BCUT2D eigenvalue weighted by atomic mass is 10.1. The Kier molecular flexibility index (Phi) is 6.94. The summed E-state index contributed by atoms with van der Waals surface area (Å²) in [5.41, 5.74) is 2.43. The average Bonchev–Trinajstić information content (AvgIpc) is 2.65. The van der Waals surface area contributed by atoms with Crippen molar-refractivity contribution in [2.75, 3.05) is 5.32 Å². The molecule has 0 saturated heterocycles. The van der Waals surface area contributed by atoms with E-state index in [4.69, 9.17) is 23.2 Å². The van der Waals surface area contributed by atoms with Crippen LogP contribution in [0.25, 0.3) is 11.3 Å². The third kappa shape index (κ3) is 5.47. The van der Waals surface area contributed by atoms with Gasteiger partial charge in [0.2, 0.25) is 5.91 Å². The number of benzene rings is 2. The largest absolute Gasteiger partial charge is 0.325 e. The van der Waals surface area contributed by atoms with Crippen LogP contribution < -0.4 is 5.32 Å². The number of thioether (sulfide) groups is 1. The van der Waals surface area contributed by atoms with Gasteiger partial charge in [-0.25, -0.2) is 9.97 Å². The van der Waals surface area contributed by atoms with Crippen molar-refractivity contribution in [2.24, 2.45) is 0 Å². The number of anilines is 1. The monoisotopic (exact) mass is 431 g/mol. The van der Waals surface area contributed by atoms with Crippen LogP contribution in [0.2, 0.25) is 10.0 Å². The fourth-order valence-electron chi connectivity index (χ4n) is 2.67. The molecule has 2 aromatic carbocycles. The number of hydrogen-bond donors (Lipinski definition) is 1. The molecule has 7 heteroatoms. The van der Waals surface area contributed by atoms with Crippen molar-refractivity contribution in [3.8, 4) is 11.3 Å². The Bertz CT molecular complexity index is 962. The Labute approximate surface area is 178 Å². The molecule has 0 fully saturated rings. The molecule has 0 aliphatic rings. The van der Waals surface area contributed by atoms with Gasteiger partial charge in [-0.3, -0.25) is 4.79 Å². The number of halogens is 2. The van der Waals surface area contributed by atoms with Crippen LogP contribution in [0, 0.1) is 6.92 Å². The maximum Gasteiger partial charge on any atom is 0.237 e. The van der Waals surface area contributed by atoms with E-state index in [1.165, 1.54) is 11.8 Å². The van der Waals surface area contributed by atoms with Crippen LogP contribution in [0.3, 0.4) is 0 Å². The van der Waals surface area contributed by atoms with Gasteiger partial charge in [0, 0.05) is 21.3 Å². The second-order valence-corrected chi connectivity index (χ2v) is 8.26. The normalized spacial score (nSPS) is 11.9. The second kappa shape index (κ2) is 9.41.